The normalized spacial score (nSPS) is 11.8. The molecule has 2 N–H and O–H groups in total. The quantitative estimate of drug-likeness (QED) is 0.122. The predicted octanol–water partition coefficient (Wildman–Crippen LogP) is 8.44. The molecule has 1 atom stereocenters. The number of rotatable bonds is 16. The molecule has 3 aromatic carbocycles. The van der Waals surface area contributed by atoms with Crippen LogP contribution in [0.3, 0.4) is 0 Å². The van der Waals surface area contributed by atoms with Gasteiger partial charge in [0, 0.05) is 29.2 Å². The topological polar surface area (TPSA) is 88.8 Å². The van der Waals surface area contributed by atoms with Gasteiger partial charge in [0.25, 0.3) is 5.91 Å². The summed E-state index contributed by atoms with van der Waals surface area (Å²) in [5.41, 5.74) is 5.15. The molecule has 0 radical (unpaired) electrons. The van der Waals surface area contributed by atoms with E-state index in [-0.39, 0.29) is 0 Å². The van der Waals surface area contributed by atoms with Gasteiger partial charge >= 0.3 is 5.97 Å². The molecule has 0 fully saturated rings. The van der Waals surface area contributed by atoms with Gasteiger partial charge in [0.1, 0.15) is 17.6 Å². The van der Waals surface area contributed by atoms with Gasteiger partial charge < -0.3 is 19.6 Å². The van der Waals surface area contributed by atoms with E-state index in [1.165, 1.54) is 0 Å². The lowest BCUT2D eigenvalue weighted by atomic mass is 9.93. The minimum Gasteiger partial charge on any atom is -0.480 e. The molecule has 4 aromatic rings. The van der Waals surface area contributed by atoms with Crippen LogP contribution in [0.4, 0.5) is 0 Å². The van der Waals surface area contributed by atoms with Crippen LogP contribution < -0.4 is 5.32 Å². The van der Waals surface area contributed by atoms with Crippen molar-refractivity contribution in [3.05, 3.63) is 106 Å². The van der Waals surface area contributed by atoms with Crippen LogP contribution in [0, 0.1) is 6.92 Å². The van der Waals surface area contributed by atoms with E-state index < -0.39 is 17.9 Å². The fraction of sp³-hybridized carbons (Fsp3) is 0.314. The molecule has 0 saturated heterocycles. The van der Waals surface area contributed by atoms with Crippen molar-refractivity contribution in [2.75, 3.05) is 18.6 Å². The number of carbonyl (C=O) groups is 2. The van der Waals surface area contributed by atoms with Crippen molar-refractivity contribution in [3.63, 3.8) is 0 Å². The first-order chi connectivity index (χ1) is 20.9. The monoisotopic (exact) mass is 619 g/mol. The van der Waals surface area contributed by atoms with Crippen LogP contribution in [0.2, 0.25) is 5.02 Å². The Kier molecular flexibility index (Phi) is 12.3. The van der Waals surface area contributed by atoms with Crippen molar-refractivity contribution >= 4 is 35.2 Å². The van der Waals surface area contributed by atoms with Crippen LogP contribution >= 0.6 is 23.4 Å². The molecule has 0 aliphatic rings. The van der Waals surface area contributed by atoms with Gasteiger partial charge in [-0.1, -0.05) is 48.4 Å². The number of carboxylic acid groups (broad SMARTS) is 1. The first-order valence-corrected chi connectivity index (χ1v) is 16.3. The summed E-state index contributed by atoms with van der Waals surface area (Å²) in [6, 6.07) is 24.2. The van der Waals surface area contributed by atoms with E-state index in [0.717, 1.165) is 65.0 Å². The molecule has 1 heterocycles. The van der Waals surface area contributed by atoms with Crippen LogP contribution in [0.25, 0.3) is 22.5 Å². The largest absolute Gasteiger partial charge is 0.480 e. The lowest BCUT2D eigenvalue weighted by Gasteiger charge is -2.17. The molecular weight excluding hydrogens is 582 g/mol. The molecule has 4 rings (SSSR count). The SMILES string of the molecule is CSCC[C@H](NC(=O)c1ccc(COCCCCCc2ccc(-c3ccc(Cl)cc3)o2)cc1-c1ccccc1C)C(=O)O. The highest BCUT2D eigenvalue weighted by molar-refractivity contribution is 7.98. The fourth-order valence-electron chi connectivity index (χ4n) is 4.86. The van der Waals surface area contributed by atoms with Gasteiger partial charge in [0.05, 0.1) is 6.61 Å². The second-order valence-electron chi connectivity index (χ2n) is 10.5. The van der Waals surface area contributed by atoms with Gasteiger partial charge in [-0.2, -0.15) is 11.8 Å². The maximum absolute atomic E-state index is 13.3. The number of thioether (sulfide) groups is 1. The Bertz CT molecular complexity index is 1500. The zero-order valence-electron chi connectivity index (χ0n) is 24.6. The maximum atomic E-state index is 13.3. The zero-order valence-corrected chi connectivity index (χ0v) is 26.2. The van der Waals surface area contributed by atoms with Gasteiger partial charge in [-0.15, -0.1) is 0 Å². The highest BCUT2D eigenvalue weighted by Gasteiger charge is 2.22. The molecule has 0 spiro atoms. The van der Waals surface area contributed by atoms with Gasteiger partial charge in [0.15, 0.2) is 0 Å². The summed E-state index contributed by atoms with van der Waals surface area (Å²) in [7, 11) is 0. The second-order valence-corrected chi connectivity index (χ2v) is 11.9. The predicted molar refractivity (Wildman–Crippen MR) is 175 cm³/mol. The van der Waals surface area contributed by atoms with E-state index in [1.807, 2.05) is 86.0 Å². The number of unbranched alkanes of at least 4 members (excludes halogenated alkanes) is 2. The minimum absolute atomic E-state index is 0.361. The van der Waals surface area contributed by atoms with Crippen molar-refractivity contribution in [2.45, 2.75) is 51.7 Å². The molecule has 0 bridgehead atoms. The standard InChI is InChI=1S/C35H38ClNO5S/c1-24-8-5-6-10-29(24)31-22-25(11-17-30(31)34(38)37-32(35(39)40)19-21-43-2)23-41-20-7-3-4-9-28-16-18-33(42-28)26-12-14-27(36)15-13-26/h5-6,8,10-18,22,32H,3-4,7,9,19-21,23H2,1-2H3,(H,37,38)(H,39,40)/t32-/m0/s1. The van der Waals surface area contributed by atoms with Crippen LogP contribution in [0.1, 0.15) is 52.9 Å². The zero-order chi connectivity index (χ0) is 30.6. The number of ether oxygens (including phenoxy) is 1. The Hall–Kier alpha value is -3.52. The van der Waals surface area contributed by atoms with E-state index in [4.69, 9.17) is 20.8 Å². The number of amides is 1. The van der Waals surface area contributed by atoms with Gasteiger partial charge in [0.2, 0.25) is 0 Å². The van der Waals surface area contributed by atoms with Gasteiger partial charge in [-0.25, -0.2) is 4.79 Å². The van der Waals surface area contributed by atoms with E-state index in [0.29, 0.717) is 36.0 Å². The third-order valence-electron chi connectivity index (χ3n) is 7.25. The molecule has 6 nitrogen and oxygen atoms in total. The number of aliphatic carboxylic acids is 1. The summed E-state index contributed by atoms with van der Waals surface area (Å²) in [4.78, 5) is 25.0. The van der Waals surface area contributed by atoms with E-state index in [9.17, 15) is 14.7 Å². The van der Waals surface area contributed by atoms with Gasteiger partial charge in [-0.05, 0) is 109 Å². The molecule has 0 aliphatic carbocycles. The van der Waals surface area contributed by atoms with Crippen molar-refractivity contribution in [1.82, 2.24) is 5.32 Å². The molecule has 0 saturated carbocycles. The molecule has 1 aromatic heterocycles. The van der Waals surface area contributed by atoms with Crippen LogP contribution in [0.15, 0.2) is 83.3 Å². The number of carbonyl (C=O) groups excluding carboxylic acids is 1. The third-order valence-corrected chi connectivity index (χ3v) is 8.14. The summed E-state index contributed by atoms with van der Waals surface area (Å²) < 4.78 is 12.0. The summed E-state index contributed by atoms with van der Waals surface area (Å²) in [6.07, 6.45) is 6.11. The number of hydrogen-bond donors (Lipinski definition) is 2. The lowest BCUT2D eigenvalue weighted by Crippen LogP contribution is -2.41. The first-order valence-electron chi connectivity index (χ1n) is 14.5. The number of carboxylic acids is 1. The summed E-state index contributed by atoms with van der Waals surface area (Å²) in [6.45, 7) is 3.06. The summed E-state index contributed by atoms with van der Waals surface area (Å²) in [5.74, 6) is 1.04. The molecule has 0 unspecified atom stereocenters. The Balaban J connectivity index is 1.30. The van der Waals surface area contributed by atoms with Crippen LogP contribution in [0.5, 0.6) is 0 Å². The average Bonchev–Trinajstić information content (AvgIpc) is 3.48. The van der Waals surface area contributed by atoms with Crippen molar-refractivity contribution in [2.24, 2.45) is 0 Å². The number of halogens is 1. The maximum Gasteiger partial charge on any atom is 0.326 e. The Morgan fingerprint density at radius 2 is 1.77 bits per heavy atom. The van der Waals surface area contributed by atoms with E-state index in [1.54, 1.807) is 17.8 Å². The highest BCUT2D eigenvalue weighted by Crippen LogP contribution is 2.29. The number of aryl methyl sites for hydroxylation is 2. The molecule has 226 valence electrons. The Morgan fingerprint density at radius 3 is 2.51 bits per heavy atom. The van der Waals surface area contributed by atoms with Crippen molar-refractivity contribution < 1.29 is 23.8 Å². The number of furan rings is 1. The summed E-state index contributed by atoms with van der Waals surface area (Å²) >= 11 is 7.53. The molecular formula is C35H38ClNO5S. The fourth-order valence-corrected chi connectivity index (χ4v) is 5.46. The summed E-state index contributed by atoms with van der Waals surface area (Å²) in [5, 5.41) is 13.0. The number of hydrogen-bond acceptors (Lipinski definition) is 5. The lowest BCUT2D eigenvalue weighted by molar-refractivity contribution is -0.139. The van der Waals surface area contributed by atoms with E-state index >= 15 is 0 Å². The second kappa shape index (κ2) is 16.4. The molecule has 1 amide bonds. The smallest absolute Gasteiger partial charge is 0.326 e. The first kappa shape index (κ1) is 32.4. The number of benzene rings is 3. The van der Waals surface area contributed by atoms with E-state index in [2.05, 4.69) is 5.32 Å². The van der Waals surface area contributed by atoms with Crippen molar-refractivity contribution in [1.29, 1.82) is 0 Å². The number of nitrogens with one attached hydrogen (secondary N) is 1. The Morgan fingerprint density at radius 1 is 0.977 bits per heavy atom. The van der Waals surface area contributed by atoms with Crippen LogP contribution in [-0.2, 0) is 22.6 Å². The highest BCUT2D eigenvalue weighted by atomic mass is 35.5. The molecule has 8 heteroatoms. The van der Waals surface area contributed by atoms with Crippen LogP contribution in [-0.4, -0.2) is 41.6 Å². The minimum atomic E-state index is -1.03. The molecule has 43 heavy (non-hydrogen) atoms. The Labute approximate surface area is 262 Å². The van der Waals surface area contributed by atoms with Gasteiger partial charge in [-0.3, -0.25) is 4.79 Å². The van der Waals surface area contributed by atoms with Crippen molar-refractivity contribution in [3.8, 4) is 22.5 Å². The average molecular weight is 620 g/mol. The third kappa shape index (κ3) is 9.48. The molecule has 0 aliphatic heterocycles.